The Balaban J connectivity index is 2.65. The smallest absolute Gasteiger partial charge is 0.0957 e. The van der Waals surface area contributed by atoms with E-state index in [1.165, 1.54) is 0 Å². The Morgan fingerprint density at radius 1 is 1.78 bits per heavy atom. The van der Waals surface area contributed by atoms with Crippen molar-refractivity contribution in [1.82, 2.24) is 15.0 Å². The summed E-state index contributed by atoms with van der Waals surface area (Å²) in [5, 5.41) is 7.61. The van der Waals surface area contributed by atoms with Gasteiger partial charge in [0.05, 0.1) is 11.6 Å². The maximum Gasteiger partial charge on any atom is 0.0957 e. The first-order valence-electron chi connectivity index (χ1n) is 2.88. The third kappa shape index (κ3) is 1.45. The van der Waals surface area contributed by atoms with Gasteiger partial charge in [0, 0.05) is 6.20 Å². The Labute approximate surface area is 59.5 Å². The third-order valence-corrected chi connectivity index (χ3v) is 1.71. The molecule has 1 rings (SSSR count). The molecule has 0 saturated carbocycles. The Bertz CT molecular complexity index is 161. The molecule has 0 radical (unpaired) electrons. The van der Waals surface area contributed by atoms with Gasteiger partial charge in [-0.25, -0.2) is 4.68 Å². The van der Waals surface area contributed by atoms with Crippen LogP contribution >= 0.6 is 12.6 Å². The number of nitrogens with zero attached hydrogens (tertiary/aromatic N) is 3. The van der Waals surface area contributed by atoms with Gasteiger partial charge < -0.3 is 0 Å². The molecule has 50 valence electrons. The van der Waals surface area contributed by atoms with E-state index in [2.05, 4.69) is 29.9 Å². The molecular weight excluding hydrogens is 134 g/mol. The Morgan fingerprint density at radius 3 is 3.00 bits per heavy atom. The molecule has 1 aromatic rings. The largest absolute Gasteiger partial charge is 0.240 e. The quantitative estimate of drug-likeness (QED) is 0.629. The minimum atomic E-state index is 0.174. The molecular formula is C5H9N3S. The number of hydrogen-bond acceptors (Lipinski definition) is 3. The van der Waals surface area contributed by atoms with Crippen molar-refractivity contribution in [3.8, 4) is 0 Å². The zero-order chi connectivity index (χ0) is 6.69. The minimum Gasteiger partial charge on any atom is -0.240 e. The number of hydrogen-bond donors (Lipinski definition) is 1. The summed E-state index contributed by atoms with van der Waals surface area (Å²) in [6, 6.07) is 0. The third-order valence-electron chi connectivity index (χ3n) is 1.11. The van der Waals surface area contributed by atoms with Gasteiger partial charge in [-0.15, -0.1) is 5.10 Å². The highest BCUT2D eigenvalue weighted by atomic mass is 32.1. The highest BCUT2D eigenvalue weighted by Crippen LogP contribution is 2.11. The van der Waals surface area contributed by atoms with Gasteiger partial charge in [-0.05, 0) is 6.42 Å². The van der Waals surface area contributed by atoms with E-state index < -0.39 is 0 Å². The van der Waals surface area contributed by atoms with Crippen LogP contribution in [0.25, 0.3) is 0 Å². The molecule has 0 amide bonds. The number of rotatable bonds is 2. The lowest BCUT2D eigenvalue weighted by Gasteiger charge is -2.04. The van der Waals surface area contributed by atoms with E-state index in [4.69, 9.17) is 0 Å². The fourth-order valence-electron chi connectivity index (χ4n) is 0.563. The molecule has 1 atom stereocenters. The van der Waals surface area contributed by atoms with E-state index >= 15 is 0 Å². The highest BCUT2D eigenvalue weighted by Gasteiger charge is 1.99. The van der Waals surface area contributed by atoms with Crippen molar-refractivity contribution in [3.63, 3.8) is 0 Å². The van der Waals surface area contributed by atoms with Gasteiger partial charge in [0.2, 0.25) is 0 Å². The molecule has 0 aliphatic carbocycles. The van der Waals surface area contributed by atoms with Crippen molar-refractivity contribution in [1.29, 1.82) is 0 Å². The summed E-state index contributed by atoms with van der Waals surface area (Å²) in [5.74, 6) is 0. The molecule has 0 aliphatic rings. The van der Waals surface area contributed by atoms with Gasteiger partial charge in [-0.2, -0.15) is 12.6 Å². The lowest BCUT2D eigenvalue weighted by molar-refractivity contribution is 0.566. The molecule has 9 heavy (non-hydrogen) atoms. The van der Waals surface area contributed by atoms with Gasteiger partial charge in [-0.1, -0.05) is 12.1 Å². The second-order valence-corrected chi connectivity index (χ2v) is 2.37. The standard InChI is InChI=1S/C5H9N3S/c1-2-5(9)8-4-3-6-7-8/h3-5,9H,2H2,1H3. The van der Waals surface area contributed by atoms with Crippen molar-refractivity contribution in [2.45, 2.75) is 18.7 Å². The predicted octanol–water partition coefficient (Wildman–Crippen LogP) is 1.12. The first-order chi connectivity index (χ1) is 4.34. The molecule has 0 fully saturated rings. The predicted molar refractivity (Wildman–Crippen MR) is 38.3 cm³/mol. The number of thiol groups is 1. The molecule has 0 N–H and O–H groups in total. The van der Waals surface area contributed by atoms with Crippen LogP contribution in [0.3, 0.4) is 0 Å². The molecule has 0 saturated heterocycles. The van der Waals surface area contributed by atoms with Crippen LogP contribution in [-0.2, 0) is 0 Å². The van der Waals surface area contributed by atoms with Gasteiger partial charge in [0.25, 0.3) is 0 Å². The van der Waals surface area contributed by atoms with Crippen LogP contribution in [0.2, 0.25) is 0 Å². The van der Waals surface area contributed by atoms with Crippen LogP contribution in [0.5, 0.6) is 0 Å². The van der Waals surface area contributed by atoms with Gasteiger partial charge in [0.1, 0.15) is 0 Å². The van der Waals surface area contributed by atoms with Crippen LogP contribution in [0, 0.1) is 0 Å². The van der Waals surface area contributed by atoms with Crippen molar-refractivity contribution >= 4 is 12.6 Å². The normalized spacial score (nSPS) is 13.6. The molecule has 4 heteroatoms. The maximum atomic E-state index is 4.25. The summed E-state index contributed by atoms with van der Waals surface area (Å²) in [5.41, 5.74) is 0. The minimum absolute atomic E-state index is 0.174. The summed E-state index contributed by atoms with van der Waals surface area (Å²) < 4.78 is 1.73. The monoisotopic (exact) mass is 143 g/mol. The summed E-state index contributed by atoms with van der Waals surface area (Å²) >= 11 is 4.25. The van der Waals surface area contributed by atoms with Gasteiger partial charge in [-0.3, -0.25) is 0 Å². The second-order valence-electron chi connectivity index (χ2n) is 1.77. The van der Waals surface area contributed by atoms with Crippen LogP contribution < -0.4 is 0 Å². The molecule has 0 aromatic carbocycles. The highest BCUT2D eigenvalue weighted by molar-refractivity contribution is 7.80. The summed E-state index contributed by atoms with van der Waals surface area (Å²) in [4.78, 5) is 0. The summed E-state index contributed by atoms with van der Waals surface area (Å²) in [7, 11) is 0. The first-order valence-corrected chi connectivity index (χ1v) is 3.40. The van der Waals surface area contributed by atoms with Crippen molar-refractivity contribution in [2.75, 3.05) is 0 Å². The fraction of sp³-hybridized carbons (Fsp3) is 0.600. The molecule has 0 bridgehead atoms. The zero-order valence-corrected chi connectivity index (χ0v) is 6.12. The van der Waals surface area contributed by atoms with Crippen LogP contribution in [0.15, 0.2) is 12.4 Å². The average molecular weight is 143 g/mol. The van der Waals surface area contributed by atoms with Crippen LogP contribution in [0.4, 0.5) is 0 Å². The van der Waals surface area contributed by atoms with E-state index in [9.17, 15) is 0 Å². The Hall–Kier alpha value is -0.510. The molecule has 1 aromatic heterocycles. The Morgan fingerprint density at radius 2 is 2.56 bits per heavy atom. The van der Waals surface area contributed by atoms with Gasteiger partial charge in [0.15, 0.2) is 0 Å². The molecule has 3 nitrogen and oxygen atoms in total. The molecule has 0 aliphatic heterocycles. The molecule has 1 unspecified atom stereocenters. The second kappa shape index (κ2) is 2.87. The van der Waals surface area contributed by atoms with E-state index in [0.29, 0.717) is 0 Å². The number of aromatic nitrogens is 3. The summed E-state index contributed by atoms with van der Waals surface area (Å²) in [6.07, 6.45) is 4.42. The molecule has 0 spiro atoms. The molecule has 1 heterocycles. The average Bonchev–Trinajstić information content (AvgIpc) is 2.37. The van der Waals surface area contributed by atoms with E-state index in [1.54, 1.807) is 17.1 Å². The maximum absolute atomic E-state index is 4.25. The Kier molecular flexibility index (Phi) is 2.10. The topological polar surface area (TPSA) is 30.7 Å². The lowest BCUT2D eigenvalue weighted by Crippen LogP contribution is -2.01. The van der Waals surface area contributed by atoms with E-state index in [0.717, 1.165) is 6.42 Å². The van der Waals surface area contributed by atoms with Crippen LogP contribution in [0.1, 0.15) is 18.7 Å². The van der Waals surface area contributed by atoms with Crippen LogP contribution in [-0.4, -0.2) is 15.0 Å². The van der Waals surface area contributed by atoms with E-state index in [-0.39, 0.29) is 5.37 Å². The summed E-state index contributed by atoms with van der Waals surface area (Å²) in [6.45, 7) is 2.05. The van der Waals surface area contributed by atoms with E-state index in [1.807, 2.05) is 0 Å². The lowest BCUT2D eigenvalue weighted by atomic mass is 10.5. The fourth-order valence-corrected chi connectivity index (χ4v) is 0.687. The SMILES string of the molecule is CCC(S)n1ccnn1. The first kappa shape index (κ1) is 6.61. The van der Waals surface area contributed by atoms with Crippen molar-refractivity contribution < 1.29 is 0 Å². The van der Waals surface area contributed by atoms with Crippen molar-refractivity contribution in [3.05, 3.63) is 12.4 Å². The van der Waals surface area contributed by atoms with Crippen molar-refractivity contribution in [2.24, 2.45) is 0 Å². The van der Waals surface area contributed by atoms with Gasteiger partial charge >= 0.3 is 0 Å². The zero-order valence-electron chi connectivity index (χ0n) is 5.23.